The largest absolute Gasteiger partial charge is 0.341 e. The van der Waals surface area contributed by atoms with Gasteiger partial charge in [0.15, 0.2) is 0 Å². The molecule has 0 spiro atoms. The Hall–Kier alpha value is -1.99. The summed E-state index contributed by atoms with van der Waals surface area (Å²) in [6, 6.07) is -0.0490. The van der Waals surface area contributed by atoms with Crippen molar-refractivity contribution in [2.75, 3.05) is 24.7 Å². The molecule has 0 bridgehead atoms. The third-order valence-corrected chi connectivity index (χ3v) is 2.79. The average molecular weight is 210 g/mol. The molecule has 3 heterocycles. The van der Waals surface area contributed by atoms with Gasteiger partial charge in [-0.1, -0.05) is 0 Å². The van der Waals surface area contributed by atoms with Gasteiger partial charge in [-0.25, -0.2) is 9.42 Å². The predicted octanol–water partition coefficient (Wildman–Crippen LogP) is -0.444. The van der Waals surface area contributed by atoms with Crippen molar-refractivity contribution in [2.24, 2.45) is 0 Å². The maximum absolute atomic E-state index is 11.7. The van der Waals surface area contributed by atoms with Crippen molar-refractivity contribution in [3.8, 4) is 0 Å². The molecular formula is C7H10N6O2. The first-order valence-electron chi connectivity index (χ1n) is 4.54. The van der Waals surface area contributed by atoms with Crippen LogP contribution in [0, 0.1) is 0 Å². The van der Waals surface area contributed by atoms with Gasteiger partial charge in [-0.05, 0) is 10.3 Å². The van der Waals surface area contributed by atoms with E-state index in [0.717, 1.165) is 0 Å². The summed E-state index contributed by atoms with van der Waals surface area (Å²) < 4.78 is 4.58. The van der Waals surface area contributed by atoms with Crippen molar-refractivity contribution in [3.63, 3.8) is 0 Å². The second-order valence-corrected chi connectivity index (χ2v) is 3.64. The zero-order valence-electron chi connectivity index (χ0n) is 8.26. The lowest BCUT2D eigenvalue weighted by atomic mass is 10.3. The summed E-state index contributed by atoms with van der Waals surface area (Å²) in [7, 11) is 3.47. The van der Waals surface area contributed by atoms with E-state index in [1.165, 1.54) is 0 Å². The van der Waals surface area contributed by atoms with Crippen LogP contribution in [0.4, 0.5) is 16.4 Å². The fourth-order valence-corrected chi connectivity index (χ4v) is 1.92. The molecule has 0 radical (unpaired) electrons. The minimum atomic E-state index is -0.151. The molecule has 1 saturated heterocycles. The first kappa shape index (κ1) is 8.33. The van der Waals surface area contributed by atoms with Crippen LogP contribution in [-0.2, 0) is 0 Å². The number of nitrogens with zero attached hydrogens (tertiary/aromatic N) is 4. The molecule has 3 rings (SSSR count). The van der Waals surface area contributed by atoms with E-state index in [4.69, 9.17) is 0 Å². The zero-order valence-corrected chi connectivity index (χ0v) is 8.26. The molecule has 8 nitrogen and oxygen atoms in total. The molecule has 0 aromatic carbocycles. The van der Waals surface area contributed by atoms with Crippen LogP contribution in [-0.4, -0.2) is 52.6 Å². The van der Waals surface area contributed by atoms with E-state index >= 15 is 0 Å². The highest BCUT2D eigenvalue weighted by atomic mass is 16.6. The fraction of sp³-hybridized carbons (Fsp3) is 0.571. The van der Waals surface area contributed by atoms with Gasteiger partial charge >= 0.3 is 6.03 Å². The Morgan fingerprint density at radius 3 is 2.07 bits per heavy atom. The number of nitrogens with one attached hydrogen (secondary N) is 2. The van der Waals surface area contributed by atoms with Gasteiger partial charge in [0.05, 0.1) is 0 Å². The maximum atomic E-state index is 11.7. The second-order valence-electron chi connectivity index (χ2n) is 3.64. The van der Waals surface area contributed by atoms with Gasteiger partial charge in [0.2, 0.25) is 11.6 Å². The predicted molar refractivity (Wildman–Crippen MR) is 50.0 cm³/mol. The monoisotopic (exact) mass is 210 g/mol. The molecule has 0 saturated carbocycles. The number of aromatic nitrogens is 2. The van der Waals surface area contributed by atoms with Crippen molar-refractivity contribution < 1.29 is 9.42 Å². The van der Waals surface area contributed by atoms with E-state index < -0.39 is 0 Å². The molecule has 2 aliphatic rings. The van der Waals surface area contributed by atoms with Crippen LogP contribution in [0.2, 0.25) is 0 Å². The molecule has 2 amide bonds. The number of likely N-dealkylation sites (N-methyl/N-ethyl adjacent to an activating group) is 2. The Morgan fingerprint density at radius 1 is 1.13 bits per heavy atom. The number of anilines is 2. The molecule has 0 aliphatic carbocycles. The van der Waals surface area contributed by atoms with Crippen molar-refractivity contribution >= 4 is 17.7 Å². The van der Waals surface area contributed by atoms with E-state index in [-0.39, 0.29) is 18.4 Å². The summed E-state index contributed by atoms with van der Waals surface area (Å²) in [5.41, 5.74) is 0. The quantitative estimate of drug-likeness (QED) is 0.603. The third kappa shape index (κ3) is 0.928. The summed E-state index contributed by atoms with van der Waals surface area (Å²) in [4.78, 5) is 14.9. The van der Waals surface area contributed by atoms with Crippen LogP contribution in [0.15, 0.2) is 4.63 Å². The lowest BCUT2D eigenvalue weighted by Gasteiger charge is -2.30. The number of amides is 2. The Labute approximate surface area is 85.2 Å². The molecule has 2 atom stereocenters. The van der Waals surface area contributed by atoms with Gasteiger partial charge in [0.1, 0.15) is 12.3 Å². The van der Waals surface area contributed by atoms with Crippen molar-refractivity contribution in [1.82, 2.24) is 20.1 Å². The van der Waals surface area contributed by atoms with Gasteiger partial charge in [-0.2, -0.15) is 0 Å². The molecule has 0 unspecified atom stereocenters. The summed E-state index contributed by atoms with van der Waals surface area (Å²) in [6.45, 7) is 0. The number of urea groups is 1. The smallest absolute Gasteiger partial charge is 0.323 e. The number of hydrogen-bond donors (Lipinski definition) is 2. The lowest BCUT2D eigenvalue weighted by Crippen LogP contribution is -2.49. The molecule has 1 aromatic heterocycles. The molecule has 15 heavy (non-hydrogen) atoms. The van der Waals surface area contributed by atoms with Crippen LogP contribution < -0.4 is 10.6 Å². The van der Waals surface area contributed by atoms with Crippen LogP contribution in [0.1, 0.15) is 0 Å². The van der Waals surface area contributed by atoms with Gasteiger partial charge in [-0.3, -0.25) is 0 Å². The van der Waals surface area contributed by atoms with Crippen molar-refractivity contribution in [3.05, 3.63) is 0 Å². The molecule has 8 heteroatoms. The molecule has 2 N–H and O–H groups in total. The van der Waals surface area contributed by atoms with E-state index in [0.29, 0.717) is 11.6 Å². The zero-order chi connectivity index (χ0) is 10.6. The summed E-state index contributed by atoms with van der Waals surface area (Å²) >= 11 is 0. The van der Waals surface area contributed by atoms with E-state index in [1.54, 1.807) is 23.9 Å². The highest BCUT2D eigenvalue weighted by Gasteiger charge is 2.45. The highest BCUT2D eigenvalue weighted by Crippen LogP contribution is 2.30. The molecule has 1 fully saturated rings. The Kier molecular flexibility index (Phi) is 1.40. The number of fused-ring (bicyclic) bond motifs is 2. The fourth-order valence-electron chi connectivity index (χ4n) is 1.92. The summed E-state index contributed by atoms with van der Waals surface area (Å²) in [6.07, 6.45) is -0.302. The van der Waals surface area contributed by atoms with Crippen LogP contribution in [0.5, 0.6) is 0 Å². The minimum absolute atomic E-state index is 0.0490. The summed E-state index contributed by atoms with van der Waals surface area (Å²) in [5, 5.41) is 13.5. The average Bonchev–Trinajstić information content (AvgIpc) is 2.77. The topological polar surface area (TPSA) is 86.5 Å². The number of rotatable bonds is 0. The Balaban J connectivity index is 1.98. The number of hydrogen-bond acceptors (Lipinski definition) is 6. The third-order valence-electron chi connectivity index (χ3n) is 2.79. The van der Waals surface area contributed by atoms with Crippen LogP contribution >= 0.6 is 0 Å². The number of carbonyl (C=O) groups excluding carboxylic acids is 1. The summed E-state index contributed by atoms with van der Waals surface area (Å²) in [5.74, 6) is 1.07. The normalized spacial score (nSPS) is 28.3. The minimum Gasteiger partial charge on any atom is -0.341 e. The SMILES string of the molecule is CN1C(=O)N(C)[C@H]2Nc3nonc3N[C@@H]21. The first-order chi connectivity index (χ1) is 7.18. The van der Waals surface area contributed by atoms with Crippen molar-refractivity contribution in [2.45, 2.75) is 12.3 Å². The van der Waals surface area contributed by atoms with Gasteiger partial charge < -0.3 is 20.4 Å². The van der Waals surface area contributed by atoms with E-state index in [1.807, 2.05) is 0 Å². The first-order valence-corrected chi connectivity index (χ1v) is 4.54. The van der Waals surface area contributed by atoms with E-state index in [9.17, 15) is 4.79 Å². The maximum Gasteiger partial charge on any atom is 0.323 e. The number of carbonyl (C=O) groups is 1. The molecule has 1 aromatic rings. The highest BCUT2D eigenvalue weighted by molar-refractivity contribution is 5.80. The van der Waals surface area contributed by atoms with Crippen LogP contribution in [0.25, 0.3) is 0 Å². The molecule has 2 aliphatic heterocycles. The molecule has 80 valence electrons. The molecular weight excluding hydrogens is 200 g/mol. The van der Waals surface area contributed by atoms with Crippen LogP contribution in [0.3, 0.4) is 0 Å². The Morgan fingerprint density at radius 2 is 1.60 bits per heavy atom. The van der Waals surface area contributed by atoms with Gasteiger partial charge in [0, 0.05) is 14.1 Å². The Bertz CT molecular complexity index is 383. The van der Waals surface area contributed by atoms with Gasteiger partial charge in [-0.15, -0.1) is 0 Å². The second kappa shape index (κ2) is 2.53. The van der Waals surface area contributed by atoms with Gasteiger partial charge in [0.25, 0.3) is 0 Å². The standard InChI is InChI=1S/C7H10N6O2/c1-12-5-6(13(2)7(12)14)9-4-3(8-5)10-15-11-4/h5-6H,1-2H3,(H,8,10)(H,9,11)/t5-,6-/m1/s1. The van der Waals surface area contributed by atoms with E-state index in [2.05, 4.69) is 25.6 Å². The van der Waals surface area contributed by atoms with Crippen molar-refractivity contribution in [1.29, 1.82) is 0 Å². The lowest BCUT2D eigenvalue weighted by molar-refractivity contribution is 0.201.